The van der Waals surface area contributed by atoms with Crippen molar-refractivity contribution < 1.29 is 23.4 Å². The van der Waals surface area contributed by atoms with Gasteiger partial charge >= 0.3 is 0 Å². The molecule has 1 atom stereocenters. The predicted molar refractivity (Wildman–Crippen MR) is 126 cm³/mol. The highest BCUT2D eigenvalue weighted by atomic mass is 19.1. The first-order valence-electron chi connectivity index (χ1n) is 11.2. The van der Waals surface area contributed by atoms with Crippen molar-refractivity contribution in [1.82, 2.24) is 14.8 Å². The van der Waals surface area contributed by atoms with Gasteiger partial charge in [-0.1, -0.05) is 0 Å². The van der Waals surface area contributed by atoms with Gasteiger partial charge in [-0.05, 0) is 42.0 Å². The fraction of sp³-hybridized carbons (Fsp3) is 0.360. The van der Waals surface area contributed by atoms with Gasteiger partial charge in [0.05, 0.1) is 18.7 Å². The molecule has 180 valence electrons. The van der Waals surface area contributed by atoms with Crippen LogP contribution in [0.4, 0.5) is 14.5 Å². The number of aromatic nitrogens is 1. The Bertz CT molecular complexity index is 1130. The van der Waals surface area contributed by atoms with E-state index in [1.165, 1.54) is 0 Å². The fourth-order valence-corrected chi connectivity index (χ4v) is 4.21. The summed E-state index contributed by atoms with van der Waals surface area (Å²) in [6, 6.07) is 10.4. The van der Waals surface area contributed by atoms with Crippen molar-refractivity contribution >= 4 is 22.5 Å². The highest BCUT2D eigenvalue weighted by Gasteiger charge is 2.21. The standard InChI is InChI=1S/C25H28F2N4O3/c1-34-20-2-3-23-22(15-20)21(4-6-28-23)24(32)16-31-10-8-30(9-11-31)7-5-25(33)29-19-13-17(26)12-18(27)14-19/h2-4,6,12-15,24,32H,5,7-11,16H2,1H3,(H,29,33)/t24-/m0/s1. The van der Waals surface area contributed by atoms with Gasteiger partial charge in [0.1, 0.15) is 17.4 Å². The van der Waals surface area contributed by atoms with Crippen LogP contribution in [0.2, 0.25) is 0 Å². The van der Waals surface area contributed by atoms with E-state index in [2.05, 4.69) is 20.1 Å². The monoisotopic (exact) mass is 470 g/mol. The molecule has 0 aliphatic carbocycles. The van der Waals surface area contributed by atoms with Gasteiger partial charge in [-0.2, -0.15) is 0 Å². The van der Waals surface area contributed by atoms with Crippen molar-refractivity contribution in [1.29, 1.82) is 0 Å². The number of rotatable bonds is 8. The molecule has 34 heavy (non-hydrogen) atoms. The van der Waals surface area contributed by atoms with Gasteiger partial charge in [-0.15, -0.1) is 0 Å². The number of methoxy groups -OCH3 is 1. The number of aliphatic hydroxyl groups excluding tert-OH is 1. The Labute approximate surface area is 197 Å². The molecule has 1 amide bonds. The minimum absolute atomic E-state index is 0.113. The Morgan fingerprint density at radius 1 is 1.09 bits per heavy atom. The van der Waals surface area contributed by atoms with Gasteiger partial charge in [0.2, 0.25) is 5.91 Å². The Kier molecular flexibility index (Phi) is 7.66. The number of carbonyl (C=O) groups is 1. The summed E-state index contributed by atoms with van der Waals surface area (Å²) in [4.78, 5) is 20.9. The number of nitrogens with zero attached hydrogens (tertiary/aromatic N) is 3. The molecule has 0 bridgehead atoms. The lowest BCUT2D eigenvalue weighted by Gasteiger charge is -2.35. The second-order valence-electron chi connectivity index (χ2n) is 8.40. The molecular formula is C25H28F2N4O3. The van der Waals surface area contributed by atoms with Crippen LogP contribution in [-0.4, -0.2) is 72.2 Å². The summed E-state index contributed by atoms with van der Waals surface area (Å²) in [5, 5.41) is 14.3. The summed E-state index contributed by atoms with van der Waals surface area (Å²) in [6.07, 6.45) is 1.27. The van der Waals surface area contributed by atoms with E-state index in [0.29, 0.717) is 18.8 Å². The van der Waals surface area contributed by atoms with Crippen molar-refractivity contribution in [3.05, 3.63) is 65.9 Å². The van der Waals surface area contributed by atoms with Crippen LogP contribution in [0.1, 0.15) is 18.1 Å². The van der Waals surface area contributed by atoms with Gasteiger partial charge in [0.15, 0.2) is 0 Å². The average molecular weight is 471 g/mol. The number of nitrogens with one attached hydrogen (secondary N) is 1. The zero-order chi connectivity index (χ0) is 24.1. The number of anilines is 1. The Morgan fingerprint density at radius 2 is 1.79 bits per heavy atom. The normalized spacial score (nSPS) is 15.9. The maximum atomic E-state index is 13.3. The molecule has 1 aliphatic heterocycles. The lowest BCUT2D eigenvalue weighted by atomic mass is 10.0. The van der Waals surface area contributed by atoms with Gasteiger partial charge in [0.25, 0.3) is 0 Å². The lowest BCUT2D eigenvalue weighted by Crippen LogP contribution is -2.48. The van der Waals surface area contributed by atoms with Crippen molar-refractivity contribution in [2.24, 2.45) is 0 Å². The predicted octanol–water partition coefficient (Wildman–Crippen LogP) is 3.20. The van der Waals surface area contributed by atoms with Crippen molar-refractivity contribution in [3.63, 3.8) is 0 Å². The number of halogens is 2. The summed E-state index contributed by atoms with van der Waals surface area (Å²) >= 11 is 0. The van der Waals surface area contributed by atoms with E-state index in [1.807, 2.05) is 24.3 Å². The van der Waals surface area contributed by atoms with Crippen LogP contribution in [0, 0.1) is 11.6 Å². The minimum atomic E-state index is -0.729. The van der Waals surface area contributed by atoms with Crippen LogP contribution in [0.3, 0.4) is 0 Å². The molecule has 4 rings (SSSR count). The highest BCUT2D eigenvalue weighted by Crippen LogP contribution is 2.27. The van der Waals surface area contributed by atoms with Crippen molar-refractivity contribution in [2.75, 3.05) is 51.7 Å². The molecule has 0 radical (unpaired) electrons. The molecule has 1 aliphatic rings. The molecule has 1 saturated heterocycles. The molecule has 2 aromatic carbocycles. The first kappa shape index (κ1) is 24.0. The van der Waals surface area contributed by atoms with Crippen LogP contribution in [0.15, 0.2) is 48.7 Å². The fourth-order valence-electron chi connectivity index (χ4n) is 4.21. The second kappa shape index (κ2) is 10.9. The third kappa shape index (κ3) is 6.05. The lowest BCUT2D eigenvalue weighted by molar-refractivity contribution is -0.116. The quantitative estimate of drug-likeness (QED) is 0.527. The number of β-amino-alcohol motifs (C(OH)–C–C–N with tert-alkyl or cyclic N) is 1. The number of amides is 1. The van der Waals surface area contributed by atoms with Gasteiger partial charge in [0, 0.05) is 69.0 Å². The number of fused-ring (bicyclic) bond motifs is 1. The number of pyridine rings is 1. The zero-order valence-electron chi connectivity index (χ0n) is 19.0. The second-order valence-corrected chi connectivity index (χ2v) is 8.40. The number of aliphatic hydroxyl groups is 1. The summed E-state index contributed by atoms with van der Waals surface area (Å²) in [7, 11) is 1.61. The molecule has 9 heteroatoms. The van der Waals surface area contributed by atoms with Crippen LogP contribution in [0.5, 0.6) is 5.75 Å². The topological polar surface area (TPSA) is 77.9 Å². The van der Waals surface area contributed by atoms with E-state index < -0.39 is 17.7 Å². The largest absolute Gasteiger partial charge is 0.497 e. The molecule has 2 N–H and O–H groups in total. The smallest absolute Gasteiger partial charge is 0.225 e. The van der Waals surface area contributed by atoms with Crippen molar-refractivity contribution in [3.8, 4) is 5.75 Å². The van der Waals surface area contributed by atoms with E-state index in [9.17, 15) is 18.7 Å². The zero-order valence-corrected chi connectivity index (χ0v) is 19.0. The third-order valence-corrected chi connectivity index (χ3v) is 6.04. The van der Waals surface area contributed by atoms with Crippen molar-refractivity contribution in [2.45, 2.75) is 12.5 Å². The molecule has 0 spiro atoms. The molecule has 1 aromatic heterocycles. The molecular weight excluding hydrogens is 442 g/mol. The first-order chi connectivity index (χ1) is 16.4. The molecule has 0 unspecified atom stereocenters. The highest BCUT2D eigenvalue weighted by molar-refractivity contribution is 5.90. The summed E-state index contributed by atoms with van der Waals surface area (Å²) in [6.45, 7) is 4.10. The van der Waals surface area contributed by atoms with E-state index in [-0.39, 0.29) is 18.0 Å². The summed E-state index contributed by atoms with van der Waals surface area (Å²) < 4.78 is 31.9. The molecule has 1 fully saturated rings. The summed E-state index contributed by atoms with van der Waals surface area (Å²) in [5.74, 6) is -1.03. The summed E-state index contributed by atoms with van der Waals surface area (Å²) in [5.41, 5.74) is 1.74. The van der Waals surface area contributed by atoms with Gasteiger partial charge in [-0.25, -0.2) is 8.78 Å². The SMILES string of the molecule is COc1ccc2nccc([C@@H](O)CN3CCN(CCC(=O)Nc4cc(F)cc(F)c4)CC3)c2c1. The maximum absolute atomic E-state index is 13.3. The number of piperazine rings is 1. The van der Waals surface area contributed by atoms with Gasteiger partial charge in [-0.3, -0.25) is 14.7 Å². The van der Waals surface area contributed by atoms with E-state index in [1.54, 1.807) is 13.3 Å². The average Bonchev–Trinajstić information content (AvgIpc) is 2.82. The van der Waals surface area contributed by atoms with Crippen LogP contribution < -0.4 is 10.1 Å². The van der Waals surface area contributed by atoms with E-state index in [4.69, 9.17) is 4.74 Å². The van der Waals surface area contributed by atoms with E-state index >= 15 is 0 Å². The maximum Gasteiger partial charge on any atom is 0.225 e. The molecule has 2 heterocycles. The Morgan fingerprint density at radius 3 is 2.50 bits per heavy atom. The molecule has 0 saturated carbocycles. The number of ether oxygens (including phenoxy) is 1. The Balaban J connectivity index is 1.25. The number of hydrogen-bond acceptors (Lipinski definition) is 6. The van der Waals surface area contributed by atoms with Crippen LogP contribution in [-0.2, 0) is 4.79 Å². The first-order valence-corrected chi connectivity index (χ1v) is 11.2. The van der Waals surface area contributed by atoms with Crippen LogP contribution in [0.25, 0.3) is 10.9 Å². The number of hydrogen-bond donors (Lipinski definition) is 2. The molecule has 7 nitrogen and oxygen atoms in total. The Hall–Kier alpha value is -3.14. The van der Waals surface area contributed by atoms with Crippen LogP contribution >= 0.6 is 0 Å². The number of carbonyl (C=O) groups excluding carboxylic acids is 1. The van der Waals surface area contributed by atoms with Gasteiger partial charge < -0.3 is 20.1 Å². The molecule has 3 aromatic rings. The minimum Gasteiger partial charge on any atom is -0.497 e. The number of benzene rings is 2. The van der Waals surface area contributed by atoms with E-state index in [0.717, 1.165) is 60.8 Å². The third-order valence-electron chi connectivity index (χ3n) is 6.04.